The maximum absolute atomic E-state index is 12.5. The third kappa shape index (κ3) is 7.44. The highest BCUT2D eigenvalue weighted by Gasteiger charge is 2.30. The first-order valence-electron chi connectivity index (χ1n) is 14.8. The van der Waals surface area contributed by atoms with Gasteiger partial charge in [-0.25, -0.2) is 0 Å². The Morgan fingerprint density at radius 2 is 1.62 bits per heavy atom. The van der Waals surface area contributed by atoms with Crippen LogP contribution in [0.3, 0.4) is 0 Å². The molecule has 1 unspecified atom stereocenters. The number of carbonyl (C=O) groups is 2. The molecular formula is C35H45NO4. The van der Waals surface area contributed by atoms with Crippen LogP contribution >= 0.6 is 0 Å². The quantitative estimate of drug-likeness (QED) is 0.338. The number of hydrogen-bond acceptors (Lipinski definition) is 3. The summed E-state index contributed by atoms with van der Waals surface area (Å²) in [5, 5.41) is 11.6. The molecule has 214 valence electrons. The van der Waals surface area contributed by atoms with E-state index < -0.39 is 5.97 Å². The van der Waals surface area contributed by atoms with Crippen molar-refractivity contribution in [2.24, 2.45) is 5.92 Å². The van der Waals surface area contributed by atoms with Gasteiger partial charge in [-0.1, -0.05) is 76.5 Å². The van der Waals surface area contributed by atoms with Gasteiger partial charge in [-0.3, -0.25) is 9.59 Å². The monoisotopic (exact) mass is 543 g/mol. The van der Waals surface area contributed by atoms with E-state index in [0.717, 1.165) is 25.0 Å². The zero-order valence-electron chi connectivity index (χ0n) is 24.8. The molecule has 0 aromatic heterocycles. The number of carboxylic acids is 1. The molecule has 2 N–H and O–H groups in total. The fraction of sp³-hybridized carbons (Fsp3) is 0.486. The lowest BCUT2D eigenvalue weighted by molar-refractivity contribution is -0.136. The SMILES string of the molecule is Cc1cc(OC(C2=CC=C(C(=O)NCCC(=O)O)CC2)C2CCCCC2)cc(C)c1-c1ccc(C(C)(C)C)cc1. The van der Waals surface area contributed by atoms with Crippen molar-refractivity contribution >= 4 is 11.9 Å². The molecule has 1 fully saturated rings. The van der Waals surface area contributed by atoms with Crippen molar-refractivity contribution in [3.8, 4) is 16.9 Å². The number of aliphatic carboxylic acids is 1. The molecule has 0 radical (unpaired) electrons. The third-order valence-electron chi connectivity index (χ3n) is 8.35. The van der Waals surface area contributed by atoms with Crippen LogP contribution in [-0.2, 0) is 15.0 Å². The van der Waals surface area contributed by atoms with Crippen LogP contribution in [0.15, 0.2) is 59.7 Å². The molecule has 2 aliphatic carbocycles. The summed E-state index contributed by atoms with van der Waals surface area (Å²) < 4.78 is 6.83. The summed E-state index contributed by atoms with van der Waals surface area (Å²) in [4.78, 5) is 23.3. The van der Waals surface area contributed by atoms with E-state index in [4.69, 9.17) is 9.84 Å². The molecule has 2 aromatic rings. The normalized spacial score (nSPS) is 17.0. The van der Waals surface area contributed by atoms with Crippen molar-refractivity contribution in [1.29, 1.82) is 0 Å². The van der Waals surface area contributed by atoms with Crippen molar-refractivity contribution in [3.05, 3.63) is 76.4 Å². The second-order valence-corrected chi connectivity index (χ2v) is 12.5. The minimum absolute atomic E-state index is 0.0103. The number of nitrogens with one attached hydrogen (secondary N) is 1. The van der Waals surface area contributed by atoms with Gasteiger partial charge >= 0.3 is 5.97 Å². The predicted octanol–water partition coefficient (Wildman–Crippen LogP) is 7.83. The summed E-state index contributed by atoms with van der Waals surface area (Å²) in [7, 11) is 0. The Morgan fingerprint density at radius 3 is 2.17 bits per heavy atom. The van der Waals surface area contributed by atoms with E-state index in [1.807, 2.05) is 6.08 Å². The summed E-state index contributed by atoms with van der Waals surface area (Å²) in [6, 6.07) is 13.3. The Kier molecular flexibility index (Phi) is 9.55. The summed E-state index contributed by atoms with van der Waals surface area (Å²) in [6.07, 6.45) is 11.3. The highest BCUT2D eigenvalue weighted by molar-refractivity contribution is 5.94. The predicted molar refractivity (Wildman–Crippen MR) is 162 cm³/mol. The lowest BCUT2D eigenvalue weighted by atomic mass is 9.80. The first kappa shape index (κ1) is 29.6. The Hall–Kier alpha value is -3.34. The second kappa shape index (κ2) is 12.9. The fourth-order valence-electron chi connectivity index (χ4n) is 6.12. The van der Waals surface area contributed by atoms with E-state index in [9.17, 15) is 9.59 Å². The first-order valence-corrected chi connectivity index (χ1v) is 14.8. The molecule has 2 aromatic carbocycles. The molecule has 5 heteroatoms. The minimum atomic E-state index is -0.912. The van der Waals surface area contributed by atoms with E-state index in [0.29, 0.717) is 17.9 Å². The molecule has 40 heavy (non-hydrogen) atoms. The zero-order chi connectivity index (χ0) is 28.9. The van der Waals surface area contributed by atoms with E-state index >= 15 is 0 Å². The van der Waals surface area contributed by atoms with E-state index in [2.05, 4.69) is 82.4 Å². The average Bonchev–Trinajstić information content (AvgIpc) is 2.91. The standard InChI is InChI=1S/C35H45NO4/c1-23-21-30(22-24(2)32(23)25-15-17-29(18-16-25)35(3,4)5)40-33(26-9-7-6-8-10-26)27-11-13-28(14-12-27)34(39)36-20-19-31(37)38/h11,13,15-18,21-22,26,33H,6-10,12,14,19-20H2,1-5H3,(H,36,39)(H,37,38). The summed E-state index contributed by atoms with van der Waals surface area (Å²) in [5.74, 6) is 0.279. The van der Waals surface area contributed by atoms with Crippen LogP contribution in [-0.4, -0.2) is 29.6 Å². The van der Waals surface area contributed by atoms with E-state index in [1.54, 1.807) is 0 Å². The van der Waals surface area contributed by atoms with Gasteiger partial charge in [0.25, 0.3) is 0 Å². The number of aryl methyl sites for hydroxylation is 2. The molecule has 2 aliphatic rings. The molecule has 0 aliphatic heterocycles. The van der Waals surface area contributed by atoms with Crippen molar-refractivity contribution in [3.63, 3.8) is 0 Å². The summed E-state index contributed by atoms with van der Waals surface area (Å²) >= 11 is 0. The molecule has 0 bridgehead atoms. The zero-order valence-corrected chi connectivity index (χ0v) is 24.8. The van der Waals surface area contributed by atoms with Crippen LogP contribution in [0.2, 0.25) is 0 Å². The lowest BCUT2D eigenvalue weighted by Gasteiger charge is -2.34. The number of carboxylic acid groups (broad SMARTS) is 1. The van der Waals surface area contributed by atoms with Crippen LogP contribution in [0.5, 0.6) is 5.75 Å². The highest BCUT2D eigenvalue weighted by Crippen LogP contribution is 2.38. The molecule has 0 spiro atoms. The number of benzene rings is 2. The smallest absolute Gasteiger partial charge is 0.305 e. The third-order valence-corrected chi connectivity index (χ3v) is 8.35. The topological polar surface area (TPSA) is 75.6 Å². The Bertz CT molecular complexity index is 1250. The second-order valence-electron chi connectivity index (χ2n) is 12.5. The van der Waals surface area contributed by atoms with Gasteiger partial charge in [-0.15, -0.1) is 0 Å². The molecule has 1 saturated carbocycles. The minimum Gasteiger partial charge on any atom is -0.486 e. The van der Waals surface area contributed by atoms with Gasteiger partial charge in [0, 0.05) is 12.1 Å². The van der Waals surface area contributed by atoms with Crippen molar-refractivity contribution in [2.45, 2.75) is 97.5 Å². The van der Waals surface area contributed by atoms with Crippen molar-refractivity contribution < 1.29 is 19.4 Å². The highest BCUT2D eigenvalue weighted by atomic mass is 16.5. The molecule has 0 heterocycles. The Labute approximate surface area is 239 Å². The number of ether oxygens (including phenoxy) is 1. The summed E-state index contributed by atoms with van der Waals surface area (Å²) in [5.41, 5.74) is 8.31. The molecule has 0 saturated heterocycles. The van der Waals surface area contributed by atoms with Gasteiger partial charge in [-0.05, 0) is 96.4 Å². The molecule has 5 nitrogen and oxygen atoms in total. The molecule has 1 atom stereocenters. The van der Waals surface area contributed by atoms with Gasteiger partial charge in [0.1, 0.15) is 11.9 Å². The van der Waals surface area contributed by atoms with Crippen LogP contribution in [0.25, 0.3) is 11.1 Å². The average molecular weight is 544 g/mol. The first-order chi connectivity index (χ1) is 19.0. The summed E-state index contributed by atoms with van der Waals surface area (Å²) in [6.45, 7) is 11.2. The Balaban J connectivity index is 1.55. The van der Waals surface area contributed by atoms with E-state index in [1.165, 1.54) is 52.7 Å². The van der Waals surface area contributed by atoms with Crippen LogP contribution in [0.1, 0.15) is 88.8 Å². The molecule has 4 rings (SSSR count). The number of amides is 1. The number of rotatable bonds is 9. The molecule has 1 amide bonds. The Morgan fingerprint density at radius 1 is 0.975 bits per heavy atom. The number of hydrogen-bond donors (Lipinski definition) is 2. The van der Waals surface area contributed by atoms with Crippen molar-refractivity contribution in [2.75, 3.05) is 6.54 Å². The van der Waals surface area contributed by atoms with Crippen molar-refractivity contribution in [1.82, 2.24) is 5.32 Å². The van der Waals surface area contributed by atoms with E-state index in [-0.39, 0.29) is 30.4 Å². The maximum Gasteiger partial charge on any atom is 0.305 e. The van der Waals surface area contributed by atoms with Gasteiger partial charge in [0.05, 0.1) is 6.42 Å². The van der Waals surface area contributed by atoms with Crippen LogP contribution in [0.4, 0.5) is 0 Å². The molecular weight excluding hydrogens is 498 g/mol. The van der Waals surface area contributed by atoms with Crippen LogP contribution in [0, 0.1) is 19.8 Å². The maximum atomic E-state index is 12.5. The van der Waals surface area contributed by atoms with Gasteiger partial charge in [-0.2, -0.15) is 0 Å². The van der Waals surface area contributed by atoms with Gasteiger partial charge < -0.3 is 15.2 Å². The van der Waals surface area contributed by atoms with Gasteiger partial charge in [0.15, 0.2) is 0 Å². The number of carbonyl (C=O) groups excluding carboxylic acids is 1. The van der Waals surface area contributed by atoms with Gasteiger partial charge in [0.2, 0.25) is 5.91 Å². The van der Waals surface area contributed by atoms with Crippen LogP contribution < -0.4 is 10.1 Å². The largest absolute Gasteiger partial charge is 0.486 e. The lowest BCUT2D eigenvalue weighted by Crippen LogP contribution is -2.32. The number of allylic oxidation sites excluding steroid dienone is 2. The fourth-order valence-corrected chi connectivity index (χ4v) is 6.12.